The van der Waals surface area contributed by atoms with Crippen LogP contribution in [0.1, 0.15) is 21.5 Å². The van der Waals surface area contributed by atoms with Crippen molar-refractivity contribution in [2.75, 3.05) is 5.32 Å². The summed E-state index contributed by atoms with van der Waals surface area (Å²) in [5.74, 6) is -0.183. The molecule has 1 N–H and O–H groups in total. The van der Waals surface area contributed by atoms with Crippen LogP contribution in [-0.2, 0) is 0 Å². The zero-order valence-corrected chi connectivity index (χ0v) is 16.4. The van der Waals surface area contributed by atoms with Crippen molar-refractivity contribution in [2.24, 2.45) is 0 Å². The molecule has 0 radical (unpaired) electrons. The van der Waals surface area contributed by atoms with Gasteiger partial charge in [0.15, 0.2) is 0 Å². The molecular weight excluding hydrogens is 368 g/mol. The minimum atomic E-state index is -0.183. The van der Waals surface area contributed by atoms with E-state index in [-0.39, 0.29) is 5.91 Å². The molecule has 3 nitrogen and oxygen atoms in total. The summed E-state index contributed by atoms with van der Waals surface area (Å²) in [7, 11) is 0. The summed E-state index contributed by atoms with van der Waals surface area (Å²) in [6.45, 7) is 4.05. The van der Waals surface area contributed by atoms with Crippen LogP contribution in [0.25, 0.3) is 22.2 Å². The van der Waals surface area contributed by atoms with Crippen LogP contribution in [0.15, 0.2) is 72.8 Å². The number of hydrogen-bond acceptors (Lipinski definition) is 2. The predicted molar refractivity (Wildman–Crippen MR) is 116 cm³/mol. The molecule has 4 heteroatoms. The molecule has 138 valence electrons. The van der Waals surface area contributed by atoms with E-state index in [1.54, 1.807) is 12.1 Å². The number of carbonyl (C=O) groups is 1. The number of aryl methyl sites for hydroxylation is 2. The van der Waals surface area contributed by atoms with Gasteiger partial charge in [-0.15, -0.1) is 0 Å². The van der Waals surface area contributed by atoms with E-state index in [2.05, 4.69) is 11.4 Å². The lowest BCUT2D eigenvalue weighted by Crippen LogP contribution is -2.13. The Balaban J connectivity index is 1.88. The van der Waals surface area contributed by atoms with E-state index in [1.807, 2.05) is 68.4 Å². The average molecular weight is 387 g/mol. The Labute approximate surface area is 169 Å². The Kier molecular flexibility index (Phi) is 4.84. The second-order valence-electron chi connectivity index (χ2n) is 6.86. The number of benzene rings is 3. The molecular formula is C24H19ClN2O. The van der Waals surface area contributed by atoms with Gasteiger partial charge in [-0.2, -0.15) is 0 Å². The van der Waals surface area contributed by atoms with Crippen LogP contribution in [0.4, 0.5) is 5.69 Å². The number of anilines is 1. The molecule has 1 aromatic heterocycles. The Morgan fingerprint density at radius 2 is 1.71 bits per heavy atom. The minimum Gasteiger partial charge on any atom is -0.322 e. The number of halogens is 1. The predicted octanol–water partition coefficient (Wildman–Crippen LogP) is 6.42. The summed E-state index contributed by atoms with van der Waals surface area (Å²) in [5, 5.41) is 4.38. The smallest absolute Gasteiger partial charge is 0.256 e. The SMILES string of the molecule is Cc1cc(C)c2nc(-c3ccccc3)cc(C(=O)Nc3cccc(Cl)c3)c2c1. The number of fused-ring (bicyclic) bond motifs is 1. The summed E-state index contributed by atoms with van der Waals surface area (Å²) >= 11 is 6.05. The van der Waals surface area contributed by atoms with Gasteiger partial charge < -0.3 is 5.32 Å². The fourth-order valence-corrected chi connectivity index (χ4v) is 3.58. The molecule has 28 heavy (non-hydrogen) atoms. The Morgan fingerprint density at radius 3 is 2.46 bits per heavy atom. The van der Waals surface area contributed by atoms with Gasteiger partial charge in [-0.05, 0) is 49.7 Å². The summed E-state index contributed by atoms with van der Waals surface area (Å²) in [6.07, 6.45) is 0. The van der Waals surface area contributed by atoms with Gasteiger partial charge in [-0.3, -0.25) is 4.79 Å². The molecule has 0 saturated carbocycles. The van der Waals surface area contributed by atoms with E-state index in [0.717, 1.165) is 33.3 Å². The van der Waals surface area contributed by atoms with Gasteiger partial charge in [0.2, 0.25) is 0 Å². The van der Waals surface area contributed by atoms with Crippen molar-refractivity contribution >= 4 is 34.1 Å². The van der Waals surface area contributed by atoms with Gasteiger partial charge in [-0.25, -0.2) is 4.98 Å². The molecule has 3 aromatic carbocycles. The van der Waals surface area contributed by atoms with Crippen molar-refractivity contribution in [3.8, 4) is 11.3 Å². The molecule has 4 rings (SSSR count). The first kappa shape index (κ1) is 18.2. The molecule has 0 aliphatic carbocycles. The fraction of sp³-hybridized carbons (Fsp3) is 0.0833. The number of aromatic nitrogens is 1. The second-order valence-corrected chi connectivity index (χ2v) is 7.30. The monoisotopic (exact) mass is 386 g/mol. The number of rotatable bonds is 3. The van der Waals surface area contributed by atoms with Gasteiger partial charge in [-0.1, -0.05) is 59.6 Å². The molecule has 0 atom stereocenters. The molecule has 1 amide bonds. The first-order chi connectivity index (χ1) is 13.5. The fourth-order valence-electron chi connectivity index (χ4n) is 3.39. The lowest BCUT2D eigenvalue weighted by atomic mass is 9.99. The largest absolute Gasteiger partial charge is 0.322 e. The maximum Gasteiger partial charge on any atom is 0.256 e. The van der Waals surface area contributed by atoms with Crippen LogP contribution in [0, 0.1) is 13.8 Å². The van der Waals surface area contributed by atoms with Crippen LogP contribution < -0.4 is 5.32 Å². The number of nitrogens with one attached hydrogen (secondary N) is 1. The lowest BCUT2D eigenvalue weighted by Gasteiger charge is -2.13. The Morgan fingerprint density at radius 1 is 0.929 bits per heavy atom. The molecule has 0 unspecified atom stereocenters. The van der Waals surface area contributed by atoms with E-state index < -0.39 is 0 Å². The van der Waals surface area contributed by atoms with Crippen molar-refractivity contribution in [1.82, 2.24) is 4.98 Å². The molecule has 0 fully saturated rings. The van der Waals surface area contributed by atoms with Gasteiger partial charge >= 0.3 is 0 Å². The number of amides is 1. The zero-order valence-electron chi connectivity index (χ0n) is 15.7. The normalized spacial score (nSPS) is 10.8. The van der Waals surface area contributed by atoms with Crippen molar-refractivity contribution < 1.29 is 4.79 Å². The summed E-state index contributed by atoms with van der Waals surface area (Å²) < 4.78 is 0. The van der Waals surface area contributed by atoms with Gasteiger partial charge in [0.05, 0.1) is 16.8 Å². The summed E-state index contributed by atoms with van der Waals surface area (Å²) in [6, 6.07) is 23.0. The minimum absolute atomic E-state index is 0.183. The van der Waals surface area contributed by atoms with Crippen LogP contribution in [0.5, 0.6) is 0 Å². The van der Waals surface area contributed by atoms with Crippen LogP contribution >= 0.6 is 11.6 Å². The summed E-state index contributed by atoms with van der Waals surface area (Å²) in [4.78, 5) is 18.0. The first-order valence-electron chi connectivity index (χ1n) is 9.05. The molecule has 0 spiro atoms. The number of pyridine rings is 1. The maximum absolute atomic E-state index is 13.2. The summed E-state index contributed by atoms with van der Waals surface area (Å²) in [5.41, 5.74) is 5.98. The van der Waals surface area contributed by atoms with Crippen molar-refractivity contribution in [3.05, 3.63) is 94.5 Å². The third-order valence-electron chi connectivity index (χ3n) is 4.64. The molecule has 4 aromatic rings. The first-order valence-corrected chi connectivity index (χ1v) is 9.43. The lowest BCUT2D eigenvalue weighted by molar-refractivity contribution is 0.102. The molecule has 0 aliphatic rings. The number of carbonyl (C=O) groups excluding carboxylic acids is 1. The quantitative estimate of drug-likeness (QED) is 0.441. The van der Waals surface area contributed by atoms with Crippen molar-refractivity contribution in [2.45, 2.75) is 13.8 Å². The standard InChI is InChI=1S/C24H19ClN2O/c1-15-11-16(2)23-20(12-15)21(14-22(27-23)17-7-4-3-5-8-17)24(28)26-19-10-6-9-18(25)13-19/h3-14H,1-2H3,(H,26,28). The van der Waals surface area contributed by atoms with Gasteiger partial charge in [0, 0.05) is 21.7 Å². The third kappa shape index (κ3) is 3.62. The van der Waals surface area contributed by atoms with E-state index in [9.17, 15) is 4.79 Å². The zero-order chi connectivity index (χ0) is 19.7. The highest BCUT2D eigenvalue weighted by Crippen LogP contribution is 2.28. The van der Waals surface area contributed by atoms with Crippen LogP contribution in [-0.4, -0.2) is 10.9 Å². The van der Waals surface area contributed by atoms with Crippen LogP contribution in [0.2, 0.25) is 5.02 Å². The Hall–Kier alpha value is -3.17. The molecule has 0 bridgehead atoms. The van der Waals surface area contributed by atoms with E-state index >= 15 is 0 Å². The van der Waals surface area contributed by atoms with Crippen molar-refractivity contribution in [1.29, 1.82) is 0 Å². The molecule has 0 aliphatic heterocycles. The van der Waals surface area contributed by atoms with Gasteiger partial charge in [0.1, 0.15) is 0 Å². The van der Waals surface area contributed by atoms with Gasteiger partial charge in [0.25, 0.3) is 5.91 Å². The number of hydrogen-bond donors (Lipinski definition) is 1. The molecule has 0 saturated heterocycles. The second kappa shape index (κ2) is 7.45. The van der Waals surface area contributed by atoms with Crippen molar-refractivity contribution in [3.63, 3.8) is 0 Å². The van der Waals surface area contributed by atoms with Crippen LogP contribution in [0.3, 0.4) is 0 Å². The van der Waals surface area contributed by atoms with E-state index in [4.69, 9.17) is 16.6 Å². The highest BCUT2D eigenvalue weighted by atomic mass is 35.5. The maximum atomic E-state index is 13.2. The average Bonchev–Trinajstić information content (AvgIpc) is 2.68. The Bertz CT molecular complexity index is 1190. The molecule has 1 heterocycles. The van der Waals surface area contributed by atoms with E-state index in [0.29, 0.717) is 16.3 Å². The highest BCUT2D eigenvalue weighted by molar-refractivity contribution is 6.31. The third-order valence-corrected chi connectivity index (χ3v) is 4.88. The number of nitrogens with zero attached hydrogens (tertiary/aromatic N) is 1. The van der Waals surface area contributed by atoms with E-state index in [1.165, 1.54) is 0 Å². The topological polar surface area (TPSA) is 42.0 Å². The highest BCUT2D eigenvalue weighted by Gasteiger charge is 2.16.